The summed E-state index contributed by atoms with van der Waals surface area (Å²) >= 11 is 0. The molecule has 0 bridgehead atoms. The summed E-state index contributed by atoms with van der Waals surface area (Å²) in [4.78, 5) is 13.3. The van der Waals surface area contributed by atoms with Crippen LogP contribution in [-0.2, 0) is 0 Å². The lowest BCUT2D eigenvalue weighted by atomic mass is 10.2. The summed E-state index contributed by atoms with van der Waals surface area (Å²) in [6.45, 7) is 1.96. The number of carboxylic acids is 1. The monoisotopic (exact) mass is 290 g/mol. The summed E-state index contributed by atoms with van der Waals surface area (Å²) < 4.78 is 9.84. The standard InChI is InChI=1S/C9H10O4.C6H8N2/c1-12-7-4-3-6(9(10)11)5-8(7)13-2;1-5-3-2-4-8-6(5)7/h3-5H,1-2H3,(H,10,11);2-4H,1H3,(H2,7,8). The molecular weight excluding hydrogens is 272 g/mol. The van der Waals surface area contributed by atoms with Crippen molar-refractivity contribution in [1.29, 1.82) is 0 Å². The van der Waals surface area contributed by atoms with E-state index in [0.29, 0.717) is 11.5 Å². The first-order valence-corrected chi connectivity index (χ1v) is 6.15. The second kappa shape index (κ2) is 7.74. The molecule has 1 aromatic heterocycles. The molecule has 1 aromatic carbocycles. The normalized spacial score (nSPS) is 9.29. The Morgan fingerprint density at radius 2 is 1.86 bits per heavy atom. The Kier molecular flexibility index (Phi) is 6.00. The number of aromatic carboxylic acids is 1. The Balaban J connectivity index is 0.000000235. The number of hydrogen-bond acceptors (Lipinski definition) is 5. The van der Waals surface area contributed by atoms with Gasteiger partial charge in [-0.15, -0.1) is 0 Å². The predicted octanol–water partition coefficient (Wildman–Crippen LogP) is 0.459. The average molecular weight is 290 g/mol. The number of nitrogen functional groups attached to an aromatic ring is 1. The molecule has 0 aliphatic heterocycles. The lowest BCUT2D eigenvalue weighted by Crippen LogP contribution is -2.22. The van der Waals surface area contributed by atoms with Gasteiger partial charge in [0.25, 0.3) is 5.82 Å². The van der Waals surface area contributed by atoms with Gasteiger partial charge in [-0.05, 0) is 37.3 Å². The lowest BCUT2D eigenvalue weighted by molar-refractivity contribution is -0.360. The Labute approximate surface area is 123 Å². The maximum atomic E-state index is 10.5. The van der Waals surface area contributed by atoms with Crippen LogP contribution in [0.2, 0.25) is 0 Å². The van der Waals surface area contributed by atoms with Gasteiger partial charge in [-0.3, -0.25) is 5.73 Å². The van der Waals surface area contributed by atoms with Crippen LogP contribution in [0.3, 0.4) is 0 Å². The van der Waals surface area contributed by atoms with Gasteiger partial charge >= 0.3 is 0 Å². The number of hydrogen-bond donors (Lipinski definition) is 1. The molecule has 6 heteroatoms. The Morgan fingerprint density at radius 3 is 2.29 bits per heavy atom. The maximum absolute atomic E-state index is 10.5. The van der Waals surface area contributed by atoms with Gasteiger partial charge in [-0.2, -0.15) is 0 Å². The van der Waals surface area contributed by atoms with Crippen molar-refractivity contribution in [2.45, 2.75) is 6.92 Å². The fourth-order valence-corrected chi connectivity index (χ4v) is 1.50. The van der Waals surface area contributed by atoms with Crippen LogP contribution in [0.4, 0.5) is 5.82 Å². The molecule has 112 valence electrons. The number of ether oxygens (including phenoxy) is 2. The van der Waals surface area contributed by atoms with Crippen molar-refractivity contribution in [3.63, 3.8) is 0 Å². The van der Waals surface area contributed by atoms with E-state index in [0.717, 1.165) is 11.4 Å². The molecule has 0 aliphatic carbocycles. The molecule has 0 saturated carbocycles. The van der Waals surface area contributed by atoms with Crippen LogP contribution in [-0.4, -0.2) is 20.2 Å². The number of aromatic amines is 1. The number of carboxylic acid groups (broad SMARTS) is 1. The largest absolute Gasteiger partial charge is 0.545 e. The van der Waals surface area contributed by atoms with Crippen LogP contribution < -0.4 is 25.3 Å². The molecule has 0 saturated heterocycles. The second-order valence-corrected chi connectivity index (χ2v) is 4.12. The highest BCUT2D eigenvalue weighted by atomic mass is 16.5. The molecule has 0 unspecified atom stereocenters. The summed E-state index contributed by atoms with van der Waals surface area (Å²) in [5.74, 6) is 0.380. The minimum atomic E-state index is -1.24. The van der Waals surface area contributed by atoms with Gasteiger partial charge in [-0.1, -0.05) is 0 Å². The first-order valence-electron chi connectivity index (χ1n) is 6.15. The number of rotatable bonds is 3. The number of H-pyrrole nitrogens is 1. The molecule has 0 spiro atoms. The van der Waals surface area contributed by atoms with E-state index < -0.39 is 5.97 Å². The summed E-state index contributed by atoms with van der Waals surface area (Å²) in [6, 6.07) is 8.16. The number of aromatic nitrogens is 1. The topological polar surface area (TPSA) is 98.8 Å². The van der Waals surface area contributed by atoms with E-state index in [1.807, 2.05) is 25.3 Å². The zero-order valence-electron chi connectivity index (χ0n) is 12.2. The zero-order chi connectivity index (χ0) is 15.8. The number of methoxy groups -OCH3 is 2. The van der Waals surface area contributed by atoms with E-state index in [1.54, 1.807) is 0 Å². The second-order valence-electron chi connectivity index (χ2n) is 4.12. The molecule has 0 fully saturated rings. The molecule has 6 nitrogen and oxygen atoms in total. The van der Waals surface area contributed by atoms with Gasteiger partial charge in [0.15, 0.2) is 11.5 Å². The van der Waals surface area contributed by atoms with Gasteiger partial charge in [0.05, 0.1) is 26.4 Å². The molecular formula is C15H18N2O4. The summed E-state index contributed by atoms with van der Waals surface area (Å²) in [5, 5.41) is 10.5. The third kappa shape index (κ3) is 4.68. The van der Waals surface area contributed by atoms with Crippen LogP contribution in [0.25, 0.3) is 0 Å². The first-order chi connectivity index (χ1) is 9.99. The van der Waals surface area contributed by atoms with Crippen LogP contribution in [0, 0.1) is 6.92 Å². The number of pyridine rings is 1. The Bertz CT molecular complexity index is 593. The minimum absolute atomic E-state index is 0.0673. The fourth-order valence-electron chi connectivity index (χ4n) is 1.50. The highest BCUT2D eigenvalue weighted by Crippen LogP contribution is 2.27. The van der Waals surface area contributed by atoms with Gasteiger partial charge in [-0.25, -0.2) is 4.98 Å². The van der Waals surface area contributed by atoms with Crippen LogP contribution in [0.15, 0.2) is 36.5 Å². The van der Waals surface area contributed by atoms with Crippen molar-refractivity contribution in [1.82, 2.24) is 0 Å². The Hall–Kier alpha value is -2.76. The number of benzene rings is 1. The summed E-state index contributed by atoms with van der Waals surface area (Å²) in [6.07, 6.45) is 1.81. The number of aryl methyl sites for hydroxylation is 1. The highest BCUT2D eigenvalue weighted by Gasteiger charge is 2.04. The smallest absolute Gasteiger partial charge is 0.272 e. The van der Waals surface area contributed by atoms with E-state index in [9.17, 15) is 9.90 Å². The van der Waals surface area contributed by atoms with Crippen molar-refractivity contribution in [3.8, 4) is 11.5 Å². The number of nitrogens with two attached hydrogens (primary N) is 1. The predicted molar refractivity (Wildman–Crippen MR) is 76.0 cm³/mol. The van der Waals surface area contributed by atoms with E-state index in [1.165, 1.54) is 32.4 Å². The highest BCUT2D eigenvalue weighted by molar-refractivity contribution is 5.86. The molecule has 0 aliphatic rings. The first kappa shape index (κ1) is 16.3. The fraction of sp³-hybridized carbons (Fsp3) is 0.200. The lowest BCUT2D eigenvalue weighted by Gasteiger charge is -2.09. The molecule has 0 amide bonds. The minimum Gasteiger partial charge on any atom is -0.545 e. The quantitative estimate of drug-likeness (QED) is 0.885. The average Bonchev–Trinajstić information content (AvgIpc) is 2.50. The van der Waals surface area contributed by atoms with E-state index in [-0.39, 0.29) is 5.56 Å². The number of carbonyl (C=O) groups is 1. The van der Waals surface area contributed by atoms with Gasteiger partial charge in [0.1, 0.15) is 0 Å². The molecule has 2 aromatic rings. The summed E-state index contributed by atoms with van der Waals surface area (Å²) in [5.41, 5.74) is 6.62. The van der Waals surface area contributed by atoms with Crippen molar-refractivity contribution in [3.05, 3.63) is 47.7 Å². The van der Waals surface area contributed by atoms with Crippen molar-refractivity contribution < 1.29 is 24.4 Å². The molecule has 1 heterocycles. The zero-order valence-corrected chi connectivity index (χ0v) is 12.2. The number of anilines is 1. The SMILES string of the molecule is COc1ccc(C(=O)[O-])cc1OC.Cc1ccc[nH+]c1N. The molecule has 0 radical (unpaired) electrons. The van der Waals surface area contributed by atoms with Crippen molar-refractivity contribution in [2.75, 3.05) is 20.0 Å². The van der Waals surface area contributed by atoms with Gasteiger partial charge in [0, 0.05) is 11.1 Å². The third-order valence-electron chi connectivity index (χ3n) is 2.73. The number of nitrogens with one attached hydrogen (secondary N) is 1. The van der Waals surface area contributed by atoms with Crippen LogP contribution in [0.1, 0.15) is 15.9 Å². The van der Waals surface area contributed by atoms with Crippen LogP contribution >= 0.6 is 0 Å². The van der Waals surface area contributed by atoms with Crippen LogP contribution in [0.5, 0.6) is 11.5 Å². The molecule has 0 atom stereocenters. The van der Waals surface area contributed by atoms with E-state index >= 15 is 0 Å². The van der Waals surface area contributed by atoms with Gasteiger partial charge < -0.3 is 19.4 Å². The van der Waals surface area contributed by atoms with Gasteiger partial charge in [0.2, 0.25) is 0 Å². The molecule has 2 rings (SSSR count). The third-order valence-corrected chi connectivity index (χ3v) is 2.73. The van der Waals surface area contributed by atoms with Crippen molar-refractivity contribution >= 4 is 11.8 Å². The van der Waals surface area contributed by atoms with E-state index in [2.05, 4.69) is 4.98 Å². The number of carbonyl (C=O) groups excluding carboxylic acids is 1. The summed E-state index contributed by atoms with van der Waals surface area (Å²) in [7, 11) is 2.92. The molecule has 3 N–H and O–H groups in total. The maximum Gasteiger partial charge on any atom is 0.272 e. The van der Waals surface area contributed by atoms with Crippen molar-refractivity contribution in [2.24, 2.45) is 0 Å². The molecule has 21 heavy (non-hydrogen) atoms. The van der Waals surface area contributed by atoms with E-state index in [4.69, 9.17) is 15.2 Å². The Morgan fingerprint density at radius 1 is 1.19 bits per heavy atom.